The van der Waals surface area contributed by atoms with Crippen LogP contribution in [0, 0.1) is 0 Å². The van der Waals surface area contributed by atoms with Crippen LogP contribution in [0.4, 0.5) is 5.82 Å². The molecule has 0 saturated carbocycles. The van der Waals surface area contributed by atoms with Gasteiger partial charge in [0.05, 0.1) is 5.39 Å². The van der Waals surface area contributed by atoms with Crippen molar-refractivity contribution in [3.8, 4) is 11.1 Å². The first-order valence-corrected chi connectivity index (χ1v) is 9.91. The van der Waals surface area contributed by atoms with Gasteiger partial charge in [-0.3, -0.25) is 0 Å². The molecule has 6 heteroatoms. The van der Waals surface area contributed by atoms with Crippen LogP contribution in [-0.4, -0.2) is 34.3 Å². The number of benzene rings is 1. The van der Waals surface area contributed by atoms with Gasteiger partial charge in [-0.15, -0.1) is 11.3 Å². The van der Waals surface area contributed by atoms with Crippen LogP contribution in [0.1, 0.15) is 25.7 Å². The molecule has 1 N–H and O–H groups in total. The van der Waals surface area contributed by atoms with Crippen molar-refractivity contribution in [3.63, 3.8) is 0 Å². The van der Waals surface area contributed by atoms with Gasteiger partial charge in [0.1, 0.15) is 10.6 Å². The maximum Gasteiger partial charge on any atom is 0.225 e. The lowest BCUT2D eigenvalue weighted by atomic mass is 9.98. The summed E-state index contributed by atoms with van der Waals surface area (Å²) in [5, 5.41) is 13.0. The lowest BCUT2D eigenvalue weighted by molar-refractivity contribution is 0.262. The Bertz CT molecular complexity index is 866. The van der Waals surface area contributed by atoms with Crippen LogP contribution < -0.4 is 4.90 Å². The fraction of sp³-hybridized carbons (Fsp3) is 0.368. The lowest BCUT2D eigenvalue weighted by Crippen LogP contribution is -2.40. The number of nitrogens with zero attached hydrogens (tertiary/aromatic N) is 3. The van der Waals surface area contributed by atoms with Gasteiger partial charge in [-0.2, -0.15) is 4.98 Å². The number of piperidine rings is 1. The monoisotopic (exact) mass is 373 g/mol. The number of hydrogen-bond acceptors (Lipinski definition) is 5. The van der Waals surface area contributed by atoms with Crippen LogP contribution in [0.5, 0.6) is 0 Å². The highest BCUT2D eigenvalue weighted by atomic mass is 35.5. The number of aliphatic hydroxyl groups is 1. The third-order valence-corrected chi connectivity index (χ3v) is 5.87. The minimum atomic E-state index is 0.193. The van der Waals surface area contributed by atoms with E-state index in [0.29, 0.717) is 6.04 Å². The number of thiophene rings is 1. The summed E-state index contributed by atoms with van der Waals surface area (Å²) in [5.74, 6) is 0.910. The summed E-state index contributed by atoms with van der Waals surface area (Å²) in [4.78, 5) is 12.3. The maximum absolute atomic E-state index is 9.46. The van der Waals surface area contributed by atoms with Crippen LogP contribution >= 0.6 is 22.9 Å². The summed E-state index contributed by atoms with van der Waals surface area (Å²) in [7, 11) is 0. The van der Waals surface area contributed by atoms with Crippen molar-refractivity contribution in [2.24, 2.45) is 0 Å². The van der Waals surface area contributed by atoms with Gasteiger partial charge in [-0.05, 0) is 42.8 Å². The first-order chi connectivity index (χ1) is 12.3. The van der Waals surface area contributed by atoms with E-state index in [-0.39, 0.29) is 11.9 Å². The Hall–Kier alpha value is -1.69. The topological polar surface area (TPSA) is 49.2 Å². The molecule has 3 heterocycles. The Morgan fingerprint density at radius 3 is 2.84 bits per heavy atom. The first kappa shape index (κ1) is 16.8. The zero-order valence-electron chi connectivity index (χ0n) is 13.9. The van der Waals surface area contributed by atoms with Crippen molar-refractivity contribution < 1.29 is 5.11 Å². The van der Waals surface area contributed by atoms with Gasteiger partial charge < -0.3 is 10.0 Å². The highest BCUT2D eigenvalue weighted by Crippen LogP contribution is 2.40. The molecule has 1 saturated heterocycles. The summed E-state index contributed by atoms with van der Waals surface area (Å²) in [6, 6.07) is 10.6. The largest absolute Gasteiger partial charge is 0.396 e. The second kappa shape index (κ2) is 7.28. The van der Waals surface area contributed by atoms with E-state index in [1.165, 1.54) is 6.42 Å². The van der Waals surface area contributed by atoms with E-state index < -0.39 is 0 Å². The van der Waals surface area contributed by atoms with Gasteiger partial charge in [0, 0.05) is 30.1 Å². The molecule has 0 bridgehead atoms. The quantitative estimate of drug-likeness (QED) is 0.670. The number of aromatic nitrogens is 2. The van der Waals surface area contributed by atoms with E-state index in [0.717, 1.165) is 53.0 Å². The summed E-state index contributed by atoms with van der Waals surface area (Å²) >= 11 is 7.84. The summed E-state index contributed by atoms with van der Waals surface area (Å²) in [5.41, 5.74) is 2.32. The van der Waals surface area contributed by atoms with Gasteiger partial charge in [0.25, 0.3) is 0 Å². The van der Waals surface area contributed by atoms with Crippen molar-refractivity contribution in [1.82, 2.24) is 9.97 Å². The molecule has 4 nitrogen and oxygen atoms in total. The Balaban J connectivity index is 1.89. The molecule has 1 aliphatic rings. The van der Waals surface area contributed by atoms with E-state index >= 15 is 0 Å². The van der Waals surface area contributed by atoms with Crippen LogP contribution in [0.15, 0.2) is 35.7 Å². The number of halogens is 1. The SMILES string of the molecule is OCCC1CCCCN1c1nc(Cl)nc2scc(-c3ccccc3)c12. The number of hydrogen-bond donors (Lipinski definition) is 1. The van der Waals surface area contributed by atoms with Crippen LogP contribution in [0.25, 0.3) is 21.3 Å². The molecule has 0 aliphatic carbocycles. The Kier molecular flexibility index (Phi) is 4.88. The number of rotatable bonds is 4. The normalized spacial score (nSPS) is 18.0. The molecule has 1 fully saturated rings. The van der Waals surface area contributed by atoms with E-state index in [9.17, 15) is 5.11 Å². The molecule has 0 radical (unpaired) electrons. The van der Waals surface area contributed by atoms with Crippen LogP contribution in [0.2, 0.25) is 5.28 Å². The first-order valence-electron chi connectivity index (χ1n) is 8.65. The highest BCUT2D eigenvalue weighted by Gasteiger charge is 2.27. The average Bonchev–Trinajstić information content (AvgIpc) is 3.06. The second-order valence-corrected chi connectivity index (χ2v) is 7.56. The predicted molar refractivity (Wildman–Crippen MR) is 105 cm³/mol. The molecule has 4 rings (SSSR count). The Morgan fingerprint density at radius 2 is 2.04 bits per heavy atom. The maximum atomic E-state index is 9.46. The second-order valence-electron chi connectivity index (χ2n) is 6.37. The molecule has 0 spiro atoms. The molecule has 2 aromatic heterocycles. The minimum absolute atomic E-state index is 0.193. The van der Waals surface area contributed by atoms with Crippen LogP contribution in [0.3, 0.4) is 0 Å². The summed E-state index contributed by atoms with van der Waals surface area (Å²) < 4.78 is 0. The third kappa shape index (κ3) is 3.24. The zero-order valence-corrected chi connectivity index (χ0v) is 15.4. The van der Waals surface area contributed by atoms with E-state index in [1.807, 2.05) is 18.2 Å². The van der Waals surface area contributed by atoms with Gasteiger partial charge in [0.15, 0.2) is 0 Å². The zero-order chi connectivity index (χ0) is 17.2. The highest BCUT2D eigenvalue weighted by molar-refractivity contribution is 7.17. The van der Waals surface area contributed by atoms with Crippen LogP contribution in [-0.2, 0) is 0 Å². The molecule has 1 aliphatic heterocycles. The Morgan fingerprint density at radius 1 is 1.20 bits per heavy atom. The number of anilines is 1. The minimum Gasteiger partial charge on any atom is -0.396 e. The van der Waals surface area contributed by atoms with Gasteiger partial charge >= 0.3 is 0 Å². The molecule has 3 aromatic rings. The Labute approximate surface area is 156 Å². The van der Waals surface area contributed by atoms with Crippen molar-refractivity contribution in [3.05, 3.63) is 41.0 Å². The van der Waals surface area contributed by atoms with Crippen molar-refractivity contribution in [2.45, 2.75) is 31.7 Å². The van der Waals surface area contributed by atoms with Crippen molar-refractivity contribution in [1.29, 1.82) is 0 Å². The van der Waals surface area contributed by atoms with Gasteiger partial charge in [-0.25, -0.2) is 4.98 Å². The van der Waals surface area contributed by atoms with Crippen molar-refractivity contribution in [2.75, 3.05) is 18.1 Å². The fourth-order valence-corrected chi connectivity index (χ4v) is 4.82. The molecule has 130 valence electrons. The molecule has 1 atom stereocenters. The molecule has 25 heavy (non-hydrogen) atoms. The summed E-state index contributed by atoms with van der Waals surface area (Å²) in [6.45, 7) is 1.13. The number of aliphatic hydroxyl groups excluding tert-OH is 1. The predicted octanol–water partition coefficient (Wildman–Crippen LogP) is 4.75. The molecule has 0 amide bonds. The van der Waals surface area contributed by atoms with E-state index in [2.05, 4.69) is 32.4 Å². The average molecular weight is 374 g/mol. The lowest BCUT2D eigenvalue weighted by Gasteiger charge is -2.37. The molecular weight excluding hydrogens is 354 g/mol. The fourth-order valence-electron chi connectivity index (χ4n) is 3.66. The summed E-state index contributed by atoms with van der Waals surface area (Å²) in [6.07, 6.45) is 4.16. The standard InChI is InChI=1S/C19H20ClN3OS/c20-19-21-17(23-10-5-4-8-14(23)9-11-24)16-15(12-25-18(16)22-19)13-6-2-1-3-7-13/h1-3,6-7,12,14,24H,4-5,8-11H2. The van der Waals surface area contributed by atoms with Gasteiger partial charge in [0.2, 0.25) is 5.28 Å². The smallest absolute Gasteiger partial charge is 0.225 e. The molecule has 1 unspecified atom stereocenters. The van der Waals surface area contributed by atoms with E-state index in [4.69, 9.17) is 11.6 Å². The number of fused-ring (bicyclic) bond motifs is 1. The van der Waals surface area contributed by atoms with Crippen molar-refractivity contribution >= 4 is 39.0 Å². The van der Waals surface area contributed by atoms with Gasteiger partial charge in [-0.1, -0.05) is 30.3 Å². The molecular formula is C19H20ClN3OS. The molecule has 1 aromatic carbocycles. The van der Waals surface area contributed by atoms with E-state index in [1.54, 1.807) is 11.3 Å². The third-order valence-electron chi connectivity index (χ3n) is 4.83.